The van der Waals surface area contributed by atoms with Gasteiger partial charge in [-0.05, 0) is 88.9 Å². The first-order chi connectivity index (χ1) is 27.1. The van der Waals surface area contributed by atoms with Crippen LogP contribution in [0.5, 0.6) is 23.0 Å². The number of urea groups is 1. The molecule has 2 fully saturated rings. The number of likely N-dealkylation sites (tertiary alicyclic amines) is 1. The van der Waals surface area contributed by atoms with Crippen LogP contribution in [0.1, 0.15) is 52.0 Å². The fraction of sp³-hybridized carbons (Fsp3) is 0.415. The Kier molecular flexibility index (Phi) is 12.2. The number of amides is 4. The second-order valence-corrected chi connectivity index (χ2v) is 15.0. The number of piperidine rings is 2. The smallest absolute Gasteiger partial charge is 0.418 e. The number of nitrogens with zero attached hydrogens (tertiary/aromatic N) is 3. The summed E-state index contributed by atoms with van der Waals surface area (Å²) in [6.07, 6.45) is -1.38. The zero-order valence-electron chi connectivity index (χ0n) is 32.5. The molecule has 1 unspecified atom stereocenters. The zero-order chi connectivity index (χ0) is 40.9. The van der Waals surface area contributed by atoms with E-state index >= 15 is 0 Å². The summed E-state index contributed by atoms with van der Waals surface area (Å²) in [5.41, 5.74) is -0.633. The molecule has 304 valence electrons. The van der Waals surface area contributed by atoms with Crippen molar-refractivity contribution >= 4 is 46.0 Å². The number of hydrogen-bond acceptors (Lipinski definition) is 9. The van der Waals surface area contributed by atoms with E-state index in [1.54, 1.807) is 79.2 Å². The fourth-order valence-electron chi connectivity index (χ4n) is 6.98. The second-order valence-electron chi connectivity index (χ2n) is 15.0. The molecule has 2 aliphatic heterocycles. The average molecular weight is 793 g/mol. The Balaban J connectivity index is 1.05. The van der Waals surface area contributed by atoms with Crippen LogP contribution in [0.4, 0.5) is 39.8 Å². The van der Waals surface area contributed by atoms with E-state index in [0.717, 1.165) is 6.07 Å². The average Bonchev–Trinajstić information content (AvgIpc) is 3.17. The molecular formula is C41H47F3N6O7. The molecule has 0 aliphatic carbocycles. The molecule has 57 heavy (non-hydrogen) atoms. The largest absolute Gasteiger partial charge is 0.493 e. The van der Waals surface area contributed by atoms with Gasteiger partial charge in [-0.3, -0.25) is 9.78 Å². The highest BCUT2D eigenvalue weighted by Crippen LogP contribution is 2.40. The van der Waals surface area contributed by atoms with Gasteiger partial charge in [-0.2, -0.15) is 13.2 Å². The number of benzene rings is 3. The van der Waals surface area contributed by atoms with Gasteiger partial charge in [0.25, 0.3) is 0 Å². The van der Waals surface area contributed by atoms with Crippen LogP contribution in [-0.4, -0.2) is 80.0 Å². The Labute approximate surface area is 328 Å². The Morgan fingerprint density at radius 2 is 1.53 bits per heavy atom. The number of nitrogens with one attached hydrogen (secondary N) is 3. The minimum atomic E-state index is -4.70. The first kappa shape index (κ1) is 40.7. The van der Waals surface area contributed by atoms with Gasteiger partial charge < -0.3 is 44.7 Å². The van der Waals surface area contributed by atoms with E-state index in [1.165, 1.54) is 26.4 Å². The predicted octanol–water partition coefficient (Wildman–Crippen LogP) is 8.44. The van der Waals surface area contributed by atoms with Crippen molar-refractivity contribution < 1.29 is 46.5 Å². The summed E-state index contributed by atoms with van der Waals surface area (Å²) in [6, 6.07) is 14.4. The van der Waals surface area contributed by atoms with Crippen molar-refractivity contribution in [3.8, 4) is 23.0 Å². The number of aromatic nitrogens is 1. The third kappa shape index (κ3) is 10.3. The summed E-state index contributed by atoms with van der Waals surface area (Å²) >= 11 is 0. The molecule has 4 amide bonds. The molecule has 4 aromatic rings. The van der Waals surface area contributed by atoms with Gasteiger partial charge in [0, 0.05) is 73.0 Å². The lowest BCUT2D eigenvalue weighted by atomic mass is 9.95. The van der Waals surface area contributed by atoms with Crippen molar-refractivity contribution in [1.82, 2.24) is 15.2 Å². The van der Waals surface area contributed by atoms with Crippen LogP contribution in [0.2, 0.25) is 0 Å². The molecule has 0 radical (unpaired) electrons. The zero-order valence-corrected chi connectivity index (χ0v) is 32.5. The van der Waals surface area contributed by atoms with Crippen LogP contribution in [0.25, 0.3) is 10.9 Å². The minimum absolute atomic E-state index is 0.0110. The summed E-state index contributed by atoms with van der Waals surface area (Å²) in [6.45, 7) is 6.70. The van der Waals surface area contributed by atoms with Crippen molar-refractivity contribution in [3.05, 3.63) is 72.4 Å². The third-order valence-corrected chi connectivity index (χ3v) is 9.71. The number of methoxy groups -OCH3 is 2. The monoisotopic (exact) mass is 792 g/mol. The van der Waals surface area contributed by atoms with Crippen LogP contribution in [0.3, 0.4) is 0 Å². The van der Waals surface area contributed by atoms with Crippen molar-refractivity contribution in [3.63, 3.8) is 0 Å². The summed E-state index contributed by atoms with van der Waals surface area (Å²) in [4.78, 5) is 46.3. The van der Waals surface area contributed by atoms with Gasteiger partial charge in [-0.25, -0.2) is 9.59 Å². The third-order valence-electron chi connectivity index (χ3n) is 9.71. The topological polar surface area (TPSA) is 144 Å². The number of rotatable bonds is 9. The quantitative estimate of drug-likeness (QED) is 0.152. The first-order valence-corrected chi connectivity index (χ1v) is 18.7. The van der Waals surface area contributed by atoms with Gasteiger partial charge in [0.1, 0.15) is 17.1 Å². The lowest BCUT2D eigenvalue weighted by Crippen LogP contribution is -2.50. The van der Waals surface area contributed by atoms with E-state index in [9.17, 15) is 27.6 Å². The number of halogens is 3. The lowest BCUT2D eigenvalue weighted by Gasteiger charge is -2.37. The van der Waals surface area contributed by atoms with E-state index in [-0.39, 0.29) is 48.9 Å². The SMILES string of the molecule is COc1cc2nccc(Oc3cccc(NC(=O)Nc4ccc(N5CCC(NC(=O)C6CCCN(C(=O)OC(C)(C)C)C6)CC5)c(C(F)(F)F)c4)c3)c2cc1OC. The van der Waals surface area contributed by atoms with E-state index in [0.29, 0.717) is 71.8 Å². The Morgan fingerprint density at radius 3 is 2.21 bits per heavy atom. The number of fused-ring (bicyclic) bond motifs is 1. The van der Waals surface area contributed by atoms with Crippen molar-refractivity contribution in [2.75, 3.05) is 55.9 Å². The molecule has 0 bridgehead atoms. The molecule has 0 spiro atoms. The van der Waals surface area contributed by atoms with Crippen LogP contribution >= 0.6 is 0 Å². The van der Waals surface area contributed by atoms with Gasteiger partial charge in [0.15, 0.2) is 11.5 Å². The standard InChI is InChI=1S/C41H47F3N6O7/c1-40(2,3)57-39(53)50-17-7-8-25(24-50)37(51)46-26-14-18-49(19-15-26)33-12-11-28(21-31(33)41(42,43)44)48-38(52)47-27-9-6-10-29(20-27)56-34-13-16-45-32-23-36(55-5)35(54-4)22-30(32)34/h6,9-13,16,20-23,25-26H,7-8,14-15,17-19,24H2,1-5H3,(H,46,51)(H2,47,48,52). The van der Waals surface area contributed by atoms with Gasteiger partial charge in [-0.15, -0.1) is 0 Å². The maximum Gasteiger partial charge on any atom is 0.418 e. The number of ether oxygens (including phenoxy) is 4. The maximum atomic E-state index is 14.4. The Bertz CT molecular complexity index is 2100. The molecule has 3 N–H and O–H groups in total. The number of anilines is 3. The van der Waals surface area contributed by atoms with Crippen molar-refractivity contribution in [2.45, 2.75) is 64.3 Å². The van der Waals surface area contributed by atoms with E-state index < -0.39 is 29.5 Å². The van der Waals surface area contributed by atoms with E-state index in [1.807, 2.05) is 0 Å². The molecule has 2 aliphatic rings. The number of pyridine rings is 1. The molecule has 0 saturated carbocycles. The molecule has 1 aromatic heterocycles. The highest BCUT2D eigenvalue weighted by molar-refractivity contribution is 6.00. The summed E-state index contributed by atoms with van der Waals surface area (Å²) in [5, 5.41) is 8.88. The summed E-state index contributed by atoms with van der Waals surface area (Å²) in [5.74, 6) is 1.31. The van der Waals surface area contributed by atoms with Gasteiger partial charge >= 0.3 is 18.3 Å². The molecule has 6 rings (SSSR count). The molecule has 1 atom stereocenters. The molecule has 2 saturated heterocycles. The minimum Gasteiger partial charge on any atom is -0.493 e. The molecule has 16 heteroatoms. The highest BCUT2D eigenvalue weighted by atomic mass is 19.4. The number of hydrogen-bond donors (Lipinski definition) is 3. The molecule has 3 heterocycles. The maximum absolute atomic E-state index is 14.4. The second kappa shape index (κ2) is 17.1. The Hall–Kier alpha value is -5.93. The van der Waals surface area contributed by atoms with Crippen molar-refractivity contribution in [1.29, 1.82) is 0 Å². The molecule has 3 aromatic carbocycles. The van der Waals surface area contributed by atoms with Crippen LogP contribution in [-0.2, 0) is 15.7 Å². The van der Waals surface area contributed by atoms with E-state index in [4.69, 9.17) is 18.9 Å². The molecular weight excluding hydrogens is 745 g/mol. The number of carbonyl (C=O) groups is 3. The summed E-state index contributed by atoms with van der Waals surface area (Å²) in [7, 11) is 3.05. The van der Waals surface area contributed by atoms with Gasteiger partial charge in [-0.1, -0.05) is 6.07 Å². The van der Waals surface area contributed by atoms with E-state index in [2.05, 4.69) is 20.9 Å². The van der Waals surface area contributed by atoms with Gasteiger partial charge in [0.2, 0.25) is 5.91 Å². The van der Waals surface area contributed by atoms with Crippen LogP contribution in [0.15, 0.2) is 66.9 Å². The number of carbonyl (C=O) groups excluding carboxylic acids is 3. The van der Waals surface area contributed by atoms with Gasteiger partial charge in [0.05, 0.1) is 31.2 Å². The number of alkyl halides is 3. The van der Waals surface area contributed by atoms with Crippen molar-refractivity contribution in [2.24, 2.45) is 5.92 Å². The predicted molar refractivity (Wildman–Crippen MR) is 209 cm³/mol. The fourth-order valence-corrected chi connectivity index (χ4v) is 6.98. The normalized spacial score (nSPS) is 16.5. The van der Waals surface area contributed by atoms with Crippen LogP contribution in [0, 0.1) is 5.92 Å². The lowest BCUT2D eigenvalue weighted by molar-refractivity contribution is -0.137. The first-order valence-electron chi connectivity index (χ1n) is 18.7. The highest BCUT2D eigenvalue weighted by Gasteiger charge is 2.37. The molecule has 13 nitrogen and oxygen atoms in total. The summed E-state index contributed by atoms with van der Waals surface area (Å²) < 4.78 is 65.7. The van der Waals surface area contributed by atoms with Crippen LogP contribution < -0.4 is 35.1 Å². The Morgan fingerprint density at radius 1 is 0.825 bits per heavy atom.